The second-order valence-corrected chi connectivity index (χ2v) is 10.2. The molecule has 4 aliphatic rings. The minimum atomic E-state index is -0.401. The average molecular weight is 357 g/mol. The van der Waals surface area contributed by atoms with Gasteiger partial charge >= 0.3 is 0 Å². The van der Waals surface area contributed by atoms with Crippen LogP contribution in [0.1, 0.15) is 40.5 Å². The normalized spacial score (nSPS) is 53.8. The predicted molar refractivity (Wildman–Crippen MR) is 95.2 cm³/mol. The Labute approximate surface area is 150 Å². The first kappa shape index (κ1) is 17.6. The van der Waals surface area contributed by atoms with Crippen LogP contribution in [0.3, 0.4) is 0 Å². The maximum atomic E-state index is 11.0. The summed E-state index contributed by atoms with van der Waals surface area (Å²) in [5, 5.41) is 11.3. The maximum Gasteiger partial charge on any atom is 0.114 e. The molecule has 0 aromatic carbocycles. The third-order valence-electron chi connectivity index (χ3n) is 6.43. The molecule has 138 valence electrons. The lowest BCUT2D eigenvalue weighted by atomic mass is 9.78. The zero-order valence-corrected chi connectivity index (χ0v) is 16.1. The van der Waals surface area contributed by atoms with E-state index in [1.807, 2.05) is 11.8 Å². The van der Waals surface area contributed by atoms with Crippen molar-refractivity contribution in [2.75, 3.05) is 19.0 Å². The van der Waals surface area contributed by atoms with Crippen molar-refractivity contribution in [3.63, 3.8) is 0 Å². The summed E-state index contributed by atoms with van der Waals surface area (Å²) >= 11 is 1.93. The minimum Gasteiger partial charge on any atom is -0.389 e. The van der Waals surface area contributed by atoms with Gasteiger partial charge in [-0.3, -0.25) is 0 Å². The van der Waals surface area contributed by atoms with Crippen molar-refractivity contribution < 1.29 is 19.3 Å². The van der Waals surface area contributed by atoms with E-state index in [2.05, 4.69) is 27.7 Å². The van der Waals surface area contributed by atoms with Gasteiger partial charge in [0, 0.05) is 24.2 Å². The predicted octanol–water partition coefficient (Wildman–Crippen LogP) is 2.72. The van der Waals surface area contributed by atoms with Gasteiger partial charge in [-0.2, -0.15) is 11.8 Å². The van der Waals surface area contributed by atoms with Crippen molar-refractivity contribution in [3.8, 4) is 0 Å². The molecule has 1 N–H and O–H groups in total. The highest BCUT2D eigenvalue weighted by molar-refractivity contribution is 8.00. The molecule has 0 radical (unpaired) electrons. The summed E-state index contributed by atoms with van der Waals surface area (Å²) < 4.78 is 18.4. The van der Waals surface area contributed by atoms with E-state index in [9.17, 15) is 5.11 Å². The molecule has 1 aliphatic carbocycles. The van der Waals surface area contributed by atoms with Crippen LogP contribution in [-0.4, -0.2) is 59.3 Å². The largest absolute Gasteiger partial charge is 0.389 e. The molecule has 9 unspecified atom stereocenters. The van der Waals surface area contributed by atoms with Crippen LogP contribution in [0.15, 0.2) is 0 Å². The van der Waals surface area contributed by atoms with Gasteiger partial charge in [0.15, 0.2) is 0 Å². The minimum absolute atomic E-state index is 0.0422. The van der Waals surface area contributed by atoms with Gasteiger partial charge < -0.3 is 19.3 Å². The molecule has 9 atom stereocenters. The Morgan fingerprint density at radius 3 is 2.71 bits per heavy atom. The van der Waals surface area contributed by atoms with Crippen molar-refractivity contribution >= 4 is 11.8 Å². The molecule has 0 spiro atoms. The van der Waals surface area contributed by atoms with Crippen molar-refractivity contribution in [2.24, 2.45) is 23.7 Å². The molecule has 1 saturated carbocycles. The summed E-state index contributed by atoms with van der Waals surface area (Å²) in [6.45, 7) is 10.5. The van der Waals surface area contributed by atoms with E-state index in [1.54, 1.807) is 0 Å². The lowest BCUT2D eigenvalue weighted by Crippen LogP contribution is -2.41. The molecule has 4 nitrogen and oxygen atoms in total. The molecule has 3 saturated heterocycles. The number of rotatable bonds is 3. The number of hydrogen-bond acceptors (Lipinski definition) is 5. The zero-order valence-electron chi connectivity index (χ0n) is 15.3. The average Bonchev–Trinajstić information content (AvgIpc) is 2.83. The number of aliphatic hydroxyl groups is 1. The number of ether oxygens (including phenoxy) is 3. The highest BCUT2D eigenvalue weighted by Crippen LogP contribution is 2.52. The van der Waals surface area contributed by atoms with E-state index >= 15 is 0 Å². The lowest BCUT2D eigenvalue weighted by Gasteiger charge is -2.31. The van der Waals surface area contributed by atoms with Gasteiger partial charge in [0.2, 0.25) is 0 Å². The quantitative estimate of drug-likeness (QED) is 0.788. The smallest absolute Gasteiger partial charge is 0.114 e. The van der Waals surface area contributed by atoms with Crippen LogP contribution in [-0.2, 0) is 14.2 Å². The summed E-state index contributed by atoms with van der Waals surface area (Å²) in [6, 6.07) is 0. The Hall–Kier alpha value is 0.190. The fourth-order valence-electron chi connectivity index (χ4n) is 5.08. The molecule has 4 fully saturated rings. The molecule has 5 heteroatoms. The molecule has 0 aromatic rings. The van der Waals surface area contributed by atoms with Crippen molar-refractivity contribution in [3.05, 3.63) is 0 Å². The van der Waals surface area contributed by atoms with Gasteiger partial charge in [-0.05, 0) is 36.9 Å². The van der Waals surface area contributed by atoms with Gasteiger partial charge in [-0.25, -0.2) is 0 Å². The van der Waals surface area contributed by atoms with Crippen LogP contribution in [0.5, 0.6) is 0 Å². The Kier molecular flexibility index (Phi) is 4.70. The second kappa shape index (κ2) is 6.41. The SMILES string of the molecule is CC(C)CSC1C2COC(C2)C2C(C)COC2CC2(C)OC2C1O. The molecule has 0 amide bonds. The Balaban J connectivity index is 1.58. The van der Waals surface area contributed by atoms with Crippen molar-refractivity contribution in [2.45, 2.75) is 75.8 Å². The fraction of sp³-hybridized carbons (Fsp3) is 1.00. The van der Waals surface area contributed by atoms with Gasteiger partial charge in [-0.1, -0.05) is 20.8 Å². The van der Waals surface area contributed by atoms with Crippen LogP contribution in [0.4, 0.5) is 0 Å². The first-order valence-electron chi connectivity index (χ1n) is 9.59. The highest BCUT2D eigenvalue weighted by atomic mass is 32.2. The molecule has 24 heavy (non-hydrogen) atoms. The number of fused-ring (bicyclic) bond motifs is 5. The van der Waals surface area contributed by atoms with E-state index in [-0.39, 0.29) is 29.2 Å². The first-order chi connectivity index (χ1) is 11.4. The van der Waals surface area contributed by atoms with E-state index in [0.717, 1.165) is 31.8 Å². The van der Waals surface area contributed by atoms with Gasteiger partial charge in [-0.15, -0.1) is 0 Å². The molecule has 0 aromatic heterocycles. The summed E-state index contributed by atoms with van der Waals surface area (Å²) in [7, 11) is 0. The molecule has 3 aliphatic heterocycles. The summed E-state index contributed by atoms with van der Waals surface area (Å²) in [5.41, 5.74) is -0.222. The van der Waals surface area contributed by atoms with Crippen LogP contribution in [0.2, 0.25) is 0 Å². The standard InChI is InChI=1S/C19H32O4S/c1-10(2)9-24-17-12-5-13(22-8-12)15-11(3)7-21-14(15)6-19(4)18(23-19)16(17)20/h10-18,20H,5-9H2,1-4H3. The molecule has 2 bridgehead atoms. The highest BCUT2D eigenvalue weighted by Gasteiger charge is 2.62. The summed E-state index contributed by atoms with van der Waals surface area (Å²) in [4.78, 5) is 0. The van der Waals surface area contributed by atoms with Crippen LogP contribution in [0.25, 0.3) is 0 Å². The molecular formula is C19H32O4S. The number of hydrogen-bond donors (Lipinski definition) is 1. The summed E-state index contributed by atoms with van der Waals surface area (Å²) in [5.74, 6) is 3.16. The van der Waals surface area contributed by atoms with Crippen molar-refractivity contribution in [1.29, 1.82) is 0 Å². The monoisotopic (exact) mass is 356 g/mol. The van der Waals surface area contributed by atoms with E-state index in [0.29, 0.717) is 23.7 Å². The Morgan fingerprint density at radius 1 is 1.21 bits per heavy atom. The fourth-order valence-corrected chi connectivity index (χ4v) is 6.49. The maximum absolute atomic E-state index is 11.0. The van der Waals surface area contributed by atoms with Gasteiger partial charge in [0.05, 0.1) is 30.5 Å². The van der Waals surface area contributed by atoms with Crippen LogP contribution < -0.4 is 0 Å². The van der Waals surface area contributed by atoms with Gasteiger partial charge in [0.25, 0.3) is 0 Å². The number of epoxide rings is 1. The molecule has 4 rings (SSSR count). The van der Waals surface area contributed by atoms with Crippen LogP contribution >= 0.6 is 11.8 Å². The van der Waals surface area contributed by atoms with E-state index in [4.69, 9.17) is 14.2 Å². The Bertz CT molecular complexity index is 472. The number of thioether (sulfide) groups is 1. The molecular weight excluding hydrogens is 324 g/mol. The van der Waals surface area contributed by atoms with Crippen molar-refractivity contribution in [1.82, 2.24) is 0 Å². The van der Waals surface area contributed by atoms with E-state index in [1.165, 1.54) is 0 Å². The second-order valence-electron chi connectivity index (χ2n) is 9.03. The number of aliphatic hydroxyl groups excluding tert-OH is 1. The summed E-state index contributed by atoms with van der Waals surface area (Å²) in [6.07, 6.45) is 2.00. The lowest BCUT2D eigenvalue weighted by molar-refractivity contribution is -0.000780. The zero-order chi connectivity index (χ0) is 17.1. The topological polar surface area (TPSA) is 51.2 Å². The van der Waals surface area contributed by atoms with Crippen LogP contribution in [0, 0.1) is 23.7 Å². The Morgan fingerprint density at radius 2 is 1.96 bits per heavy atom. The van der Waals surface area contributed by atoms with Gasteiger partial charge in [0.1, 0.15) is 6.10 Å². The third kappa shape index (κ3) is 3.05. The molecule has 3 heterocycles. The van der Waals surface area contributed by atoms with E-state index < -0.39 is 6.10 Å². The third-order valence-corrected chi connectivity index (χ3v) is 8.34. The first-order valence-corrected chi connectivity index (χ1v) is 10.6.